The third kappa shape index (κ3) is 3.91. The van der Waals surface area contributed by atoms with Gasteiger partial charge in [0.1, 0.15) is 0 Å². The van der Waals surface area contributed by atoms with Gasteiger partial charge in [-0.2, -0.15) is 13.2 Å². The van der Waals surface area contributed by atoms with Crippen LogP contribution in [0.1, 0.15) is 22.3 Å². The first-order valence-corrected chi connectivity index (χ1v) is 6.78. The lowest BCUT2D eigenvalue weighted by Crippen LogP contribution is -2.12. The lowest BCUT2D eigenvalue weighted by molar-refractivity contribution is -0.137. The van der Waals surface area contributed by atoms with E-state index >= 15 is 0 Å². The van der Waals surface area contributed by atoms with Gasteiger partial charge in [-0.05, 0) is 31.2 Å². The summed E-state index contributed by atoms with van der Waals surface area (Å²) in [6.45, 7) is 2.53. The molecule has 0 radical (unpaired) electrons. The van der Waals surface area contributed by atoms with E-state index in [-0.39, 0.29) is 10.7 Å². The van der Waals surface area contributed by atoms with Gasteiger partial charge in [-0.1, -0.05) is 11.3 Å². The minimum absolute atomic E-state index is 0.130. The Bertz CT molecular complexity index is 624. The van der Waals surface area contributed by atoms with Crippen LogP contribution in [-0.4, -0.2) is 22.6 Å². The molecule has 1 aromatic heterocycles. The first-order valence-electron chi connectivity index (χ1n) is 5.96. The summed E-state index contributed by atoms with van der Waals surface area (Å²) in [5.41, 5.74) is -0.515. The molecular weight excluding hydrogens is 305 g/mol. The second-order valence-corrected chi connectivity index (χ2v) is 4.95. The predicted octanol–water partition coefficient (Wildman–Crippen LogP) is 3.24. The van der Waals surface area contributed by atoms with Crippen molar-refractivity contribution < 1.29 is 18.0 Å². The summed E-state index contributed by atoms with van der Waals surface area (Å²) in [5.74, 6) is -0.517. The number of carbonyl (C=O) groups is 1. The zero-order chi connectivity index (χ0) is 15.5. The molecule has 1 amide bonds. The Kier molecular flexibility index (Phi) is 4.41. The van der Waals surface area contributed by atoms with Gasteiger partial charge in [0, 0.05) is 12.2 Å². The summed E-state index contributed by atoms with van der Waals surface area (Å²) < 4.78 is 37.2. The van der Waals surface area contributed by atoms with Crippen molar-refractivity contribution in [3.63, 3.8) is 0 Å². The largest absolute Gasteiger partial charge is 0.416 e. The van der Waals surface area contributed by atoms with E-state index in [1.165, 1.54) is 12.1 Å². The highest BCUT2D eigenvalue weighted by atomic mass is 32.1. The summed E-state index contributed by atoms with van der Waals surface area (Å²) in [4.78, 5) is 11.9. The van der Waals surface area contributed by atoms with Crippen molar-refractivity contribution >= 4 is 28.1 Å². The molecular formula is C12H11F3N4OS. The maximum absolute atomic E-state index is 12.4. The minimum Gasteiger partial charge on any atom is -0.360 e. The molecule has 0 aliphatic heterocycles. The second-order valence-electron chi connectivity index (χ2n) is 3.97. The summed E-state index contributed by atoms with van der Waals surface area (Å²) in [6, 6.07) is 4.18. The van der Waals surface area contributed by atoms with Crippen LogP contribution in [0.15, 0.2) is 24.3 Å². The molecule has 1 aromatic carbocycles. The van der Waals surface area contributed by atoms with E-state index in [0.717, 1.165) is 23.5 Å². The highest BCUT2D eigenvalue weighted by Gasteiger charge is 2.30. The molecule has 1 heterocycles. The molecule has 0 aliphatic carbocycles. The molecule has 0 atom stereocenters. The average molecular weight is 316 g/mol. The zero-order valence-electron chi connectivity index (χ0n) is 10.9. The van der Waals surface area contributed by atoms with E-state index in [0.29, 0.717) is 11.7 Å². The maximum atomic E-state index is 12.4. The van der Waals surface area contributed by atoms with Crippen molar-refractivity contribution in [2.24, 2.45) is 0 Å². The Balaban J connectivity index is 2.05. The Labute approximate surface area is 122 Å². The van der Waals surface area contributed by atoms with Gasteiger partial charge in [0.25, 0.3) is 5.91 Å². The standard InChI is InChI=1S/C12H11F3N4OS/c1-2-16-11-19-18-10(21-11)9(20)17-8-5-3-7(4-6-8)12(13,14)15/h3-6H,2H2,1H3,(H,16,19)(H,17,20). The van der Waals surface area contributed by atoms with Crippen LogP contribution in [0, 0.1) is 0 Å². The lowest BCUT2D eigenvalue weighted by atomic mass is 10.2. The number of hydrogen-bond acceptors (Lipinski definition) is 5. The summed E-state index contributed by atoms with van der Waals surface area (Å²) in [6.07, 6.45) is -4.40. The van der Waals surface area contributed by atoms with Crippen molar-refractivity contribution in [1.82, 2.24) is 10.2 Å². The van der Waals surface area contributed by atoms with Crippen LogP contribution in [0.2, 0.25) is 0 Å². The summed E-state index contributed by atoms with van der Waals surface area (Å²) in [7, 11) is 0. The summed E-state index contributed by atoms with van der Waals surface area (Å²) in [5, 5.41) is 13.5. The highest BCUT2D eigenvalue weighted by Crippen LogP contribution is 2.29. The molecule has 9 heteroatoms. The fraction of sp³-hybridized carbons (Fsp3) is 0.250. The third-order valence-corrected chi connectivity index (χ3v) is 3.30. The van der Waals surface area contributed by atoms with Crippen LogP contribution < -0.4 is 10.6 Å². The monoisotopic (exact) mass is 316 g/mol. The molecule has 0 fully saturated rings. The molecule has 112 valence electrons. The molecule has 2 aromatic rings. The first kappa shape index (κ1) is 15.2. The number of benzene rings is 1. The molecule has 5 nitrogen and oxygen atoms in total. The van der Waals surface area contributed by atoms with E-state index in [1.807, 2.05) is 6.92 Å². The topological polar surface area (TPSA) is 66.9 Å². The normalized spacial score (nSPS) is 11.2. The molecule has 21 heavy (non-hydrogen) atoms. The second kappa shape index (κ2) is 6.08. The van der Waals surface area contributed by atoms with Crippen molar-refractivity contribution in [2.45, 2.75) is 13.1 Å². The smallest absolute Gasteiger partial charge is 0.360 e. The van der Waals surface area contributed by atoms with Crippen LogP contribution in [0.4, 0.5) is 24.0 Å². The molecule has 0 saturated carbocycles. The number of alkyl halides is 3. The number of nitrogens with one attached hydrogen (secondary N) is 2. The molecule has 2 rings (SSSR count). The molecule has 0 unspecified atom stereocenters. The Morgan fingerprint density at radius 1 is 1.24 bits per heavy atom. The van der Waals surface area contributed by atoms with Gasteiger partial charge in [-0.15, -0.1) is 10.2 Å². The molecule has 0 spiro atoms. The van der Waals surface area contributed by atoms with Crippen molar-refractivity contribution in [3.8, 4) is 0 Å². The number of amides is 1. The number of hydrogen-bond donors (Lipinski definition) is 2. The van der Waals surface area contributed by atoms with E-state index in [1.54, 1.807) is 0 Å². The van der Waals surface area contributed by atoms with Crippen LogP contribution in [0.5, 0.6) is 0 Å². The molecule has 2 N–H and O–H groups in total. The van der Waals surface area contributed by atoms with Gasteiger partial charge in [0.05, 0.1) is 5.56 Å². The molecule has 0 bridgehead atoms. The minimum atomic E-state index is -4.40. The highest BCUT2D eigenvalue weighted by molar-refractivity contribution is 7.17. The number of anilines is 2. The van der Waals surface area contributed by atoms with Crippen LogP contribution >= 0.6 is 11.3 Å². The molecule has 0 saturated heterocycles. The van der Waals surface area contributed by atoms with Gasteiger partial charge >= 0.3 is 6.18 Å². The van der Waals surface area contributed by atoms with Crippen molar-refractivity contribution in [2.75, 3.05) is 17.2 Å². The van der Waals surface area contributed by atoms with Crippen LogP contribution in [0.3, 0.4) is 0 Å². The fourth-order valence-corrected chi connectivity index (χ4v) is 2.17. The Morgan fingerprint density at radius 3 is 2.48 bits per heavy atom. The first-order chi connectivity index (χ1) is 9.90. The summed E-state index contributed by atoms with van der Waals surface area (Å²) >= 11 is 1.07. The van der Waals surface area contributed by atoms with Crippen LogP contribution in [0.25, 0.3) is 0 Å². The number of rotatable bonds is 4. The predicted molar refractivity (Wildman–Crippen MR) is 73.5 cm³/mol. The number of carbonyl (C=O) groups excluding carboxylic acids is 1. The van der Waals surface area contributed by atoms with Gasteiger partial charge in [-0.25, -0.2) is 0 Å². The number of halogens is 3. The SMILES string of the molecule is CCNc1nnc(C(=O)Nc2ccc(C(F)(F)F)cc2)s1. The zero-order valence-corrected chi connectivity index (χ0v) is 11.7. The van der Waals surface area contributed by atoms with E-state index in [9.17, 15) is 18.0 Å². The van der Waals surface area contributed by atoms with Crippen LogP contribution in [-0.2, 0) is 6.18 Å². The van der Waals surface area contributed by atoms with Gasteiger partial charge in [0.15, 0.2) is 0 Å². The maximum Gasteiger partial charge on any atom is 0.416 e. The van der Waals surface area contributed by atoms with E-state index in [4.69, 9.17) is 0 Å². The Hall–Kier alpha value is -2.16. The van der Waals surface area contributed by atoms with Gasteiger partial charge < -0.3 is 10.6 Å². The lowest BCUT2D eigenvalue weighted by Gasteiger charge is -2.07. The molecule has 0 aliphatic rings. The van der Waals surface area contributed by atoms with E-state index in [2.05, 4.69) is 20.8 Å². The Morgan fingerprint density at radius 2 is 1.90 bits per heavy atom. The number of nitrogens with zero attached hydrogens (tertiary/aromatic N) is 2. The van der Waals surface area contributed by atoms with Crippen molar-refractivity contribution in [3.05, 3.63) is 34.8 Å². The van der Waals surface area contributed by atoms with Gasteiger partial charge in [-0.3, -0.25) is 4.79 Å². The fourth-order valence-electron chi connectivity index (χ4n) is 1.46. The third-order valence-electron chi connectivity index (χ3n) is 2.42. The average Bonchev–Trinajstić information content (AvgIpc) is 2.87. The number of aromatic nitrogens is 2. The van der Waals surface area contributed by atoms with Crippen molar-refractivity contribution in [1.29, 1.82) is 0 Å². The van der Waals surface area contributed by atoms with E-state index < -0.39 is 17.6 Å². The van der Waals surface area contributed by atoms with Gasteiger partial charge in [0.2, 0.25) is 10.1 Å². The quantitative estimate of drug-likeness (QED) is 0.909.